The number of hydrogen-bond donors (Lipinski definition) is 2. The Kier molecular flexibility index (Phi) is 5.10. The number of carbonyl (C=O) groups is 2. The van der Waals surface area contributed by atoms with Crippen LogP contribution in [-0.4, -0.2) is 46.5 Å². The Bertz CT molecular complexity index is 926. The van der Waals surface area contributed by atoms with Crippen LogP contribution in [0.5, 0.6) is 0 Å². The summed E-state index contributed by atoms with van der Waals surface area (Å²) in [5, 5.41) is 9.31. The van der Waals surface area contributed by atoms with Gasteiger partial charge in [-0.2, -0.15) is 5.10 Å². The molecule has 0 aliphatic carbocycles. The van der Waals surface area contributed by atoms with Crippen LogP contribution in [0.2, 0.25) is 0 Å². The lowest BCUT2D eigenvalue weighted by Gasteiger charge is -2.23. The Labute approximate surface area is 167 Å². The van der Waals surface area contributed by atoms with Gasteiger partial charge in [-0.3, -0.25) is 24.8 Å². The highest BCUT2D eigenvalue weighted by atomic mass is 32.1. The van der Waals surface area contributed by atoms with Gasteiger partial charge in [0.25, 0.3) is 5.91 Å². The van der Waals surface area contributed by atoms with Gasteiger partial charge in [0.05, 0.1) is 11.4 Å². The molecule has 4 rings (SSSR count). The number of amides is 2. The zero-order valence-corrected chi connectivity index (χ0v) is 16.4. The number of hydrazone groups is 1. The summed E-state index contributed by atoms with van der Waals surface area (Å²) >= 11 is 1.50. The zero-order chi connectivity index (χ0) is 19.7. The molecular formula is C19H22N6O2S. The van der Waals surface area contributed by atoms with Crippen LogP contribution >= 0.6 is 11.3 Å². The fourth-order valence-electron chi connectivity index (χ4n) is 3.43. The normalized spacial score (nSPS) is 19.2. The molecule has 0 spiro atoms. The summed E-state index contributed by atoms with van der Waals surface area (Å²) in [4.78, 5) is 32.7. The third-order valence-corrected chi connectivity index (χ3v) is 6.00. The number of aromatic nitrogens is 1. The van der Waals surface area contributed by atoms with Gasteiger partial charge in [-0.1, -0.05) is 25.1 Å². The SMILES string of the molecule is CCN1CCc2nc(NC(=O)C3=NN(c4ccccc4)C(C(N)=O)C3)sc2C1. The maximum atomic E-state index is 12.7. The topological polar surface area (TPSA) is 104 Å². The van der Waals surface area contributed by atoms with E-state index in [1.54, 1.807) is 0 Å². The van der Waals surface area contributed by atoms with Crippen LogP contribution in [0.15, 0.2) is 35.4 Å². The van der Waals surface area contributed by atoms with E-state index in [0.29, 0.717) is 5.13 Å². The molecule has 0 radical (unpaired) electrons. The second kappa shape index (κ2) is 7.69. The average molecular weight is 398 g/mol. The molecule has 8 nitrogen and oxygen atoms in total. The Morgan fingerprint density at radius 3 is 2.82 bits per heavy atom. The quantitative estimate of drug-likeness (QED) is 0.796. The molecule has 146 valence electrons. The second-order valence-electron chi connectivity index (χ2n) is 6.81. The maximum absolute atomic E-state index is 12.7. The number of nitrogens with zero attached hydrogens (tertiary/aromatic N) is 4. The molecule has 9 heteroatoms. The summed E-state index contributed by atoms with van der Waals surface area (Å²) in [5.41, 5.74) is 7.58. The molecule has 1 unspecified atom stereocenters. The van der Waals surface area contributed by atoms with Crippen molar-refractivity contribution in [3.8, 4) is 0 Å². The monoisotopic (exact) mass is 398 g/mol. The van der Waals surface area contributed by atoms with Crippen LogP contribution in [0, 0.1) is 0 Å². The lowest BCUT2D eigenvalue weighted by Crippen LogP contribution is -2.39. The average Bonchev–Trinajstić information content (AvgIpc) is 3.32. The van der Waals surface area contributed by atoms with E-state index in [1.165, 1.54) is 21.2 Å². The molecule has 2 amide bonds. The van der Waals surface area contributed by atoms with E-state index in [1.807, 2.05) is 30.3 Å². The van der Waals surface area contributed by atoms with E-state index in [2.05, 4.69) is 27.2 Å². The van der Waals surface area contributed by atoms with Gasteiger partial charge in [-0.25, -0.2) is 4.98 Å². The molecule has 0 saturated heterocycles. The van der Waals surface area contributed by atoms with Crippen LogP contribution in [0.25, 0.3) is 0 Å². The first kappa shape index (κ1) is 18.6. The number of fused-ring (bicyclic) bond motifs is 1. The number of benzene rings is 1. The first-order valence-corrected chi connectivity index (χ1v) is 10.1. The number of para-hydroxylation sites is 1. The Morgan fingerprint density at radius 2 is 2.11 bits per heavy atom. The van der Waals surface area contributed by atoms with Crippen LogP contribution in [0.3, 0.4) is 0 Å². The molecule has 28 heavy (non-hydrogen) atoms. The fourth-order valence-corrected chi connectivity index (χ4v) is 4.47. The predicted molar refractivity (Wildman–Crippen MR) is 109 cm³/mol. The van der Waals surface area contributed by atoms with Gasteiger partial charge < -0.3 is 5.73 Å². The second-order valence-corrected chi connectivity index (χ2v) is 7.89. The molecule has 0 fully saturated rings. The molecule has 1 aromatic carbocycles. The van der Waals surface area contributed by atoms with Gasteiger partial charge in [0.1, 0.15) is 11.8 Å². The lowest BCUT2D eigenvalue weighted by atomic mass is 10.1. The molecule has 2 aliphatic heterocycles. The van der Waals surface area contributed by atoms with Crippen LogP contribution in [0.4, 0.5) is 10.8 Å². The van der Waals surface area contributed by atoms with E-state index < -0.39 is 11.9 Å². The number of nitrogens with one attached hydrogen (secondary N) is 1. The number of primary amides is 1. The summed E-state index contributed by atoms with van der Waals surface area (Å²) < 4.78 is 0. The molecule has 3 heterocycles. The van der Waals surface area contributed by atoms with E-state index in [4.69, 9.17) is 5.73 Å². The highest BCUT2D eigenvalue weighted by molar-refractivity contribution is 7.16. The molecule has 1 aromatic heterocycles. The number of nitrogens with two attached hydrogens (primary N) is 1. The number of rotatable bonds is 5. The predicted octanol–water partition coefficient (Wildman–Crippen LogP) is 1.58. The summed E-state index contributed by atoms with van der Waals surface area (Å²) in [5.74, 6) is -0.858. The van der Waals surface area contributed by atoms with Crippen molar-refractivity contribution in [1.29, 1.82) is 0 Å². The van der Waals surface area contributed by atoms with Gasteiger partial charge in [0.15, 0.2) is 5.13 Å². The van der Waals surface area contributed by atoms with E-state index >= 15 is 0 Å². The number of likely N-dealkylation sites (N-methyl/N-ethyl adjacent to an activating group) is 1. The van der Waals surface area contributed by atoms with E-state index in [9.17, 15) is 9.59 Å². The summed E-state index contributed by atoms with van der Waals surface area (Å²) in [6.07, 6.45) is 1.06. The van der Waals surface area contributed by atoms with Crippen LogP contribution in [-0.2, 0) is 22.6 Å². The third-order valence-electron chi connectivity index (χ3n) is 5.00. The molecule has 2 aromatic rings. The first-order valence-electron chi connectivity index (χ1n) is 9.28. The van der Waals surface area contributed by atoms with Crippen LogP contribution in [0.1, 0.15) is 23.9 Å². The maximum Gasteiger partial charge on any atom is 0.273 e. The minimum atomic E-state index is -0.675. The van der Waals surface area contributed by atoms with Crippen molar-refractivity contribution in [1.82, 2.24) is 9.88 Å². The van der Waals surface area contributed by atoms with Crippen molar-refractivity contribution in [2.24, 2.45) is 10.8 Å². The van der Waals surface area contributed by atoms with Gasteiger partial charge in [-0.05, 0) is 18.7 Å². The molecule has 1 atom stereocenters. The third kappa shape index (κ3) is 3.63. The van der Waals surface area contributed by atoms with Gasteiger partial charge in [0, 0.05) is 30.8 Å². The molecule has 2 aliphatic rings. The summed E-state index contributed by atoms with van der Waals surface area (Å²) in [7, 11) is 0. The first-order chi connectivity index (χ1) is 13.5. The van der Waals surface area contributed by atoms with Crippen molar-refractivity contribution in [2.75, 3.05) is 23.4 Å². The smallest absolute Gasteiger partial charge is 0.273 e. The van der Waals surface area contributed by atoms with Crippen LogP contribution < -0.4 is 16.1 Å². The van der Waals surface area contributed by atoms with Crippen molar-refractivity contribution in [3.05, 3.63) is 40.9 Å². The Hall–Kier alpha value is -2.78. The summed E-state index contributed by atoms with van der Waals surface area (Å²) in [6, 6.07) is 8.55. The standard InChI is InChI=1S/C19H22N6O2S/c1-2-24-9-8-13-16(11-24)28-19(21-13)22-18(27)14-10-15(17(20)26)25(23-14)12-6-4-3-5-7-12/h3-7,15H,2,8-11H2,1H3,(H2,20,26)(H,21,22,27). The minimum absolute atomic E-state index is 0.171. The van der Waals surface area contributed by atoms with Gasteiger partial charge in [-0.15, -0.1) is 11.3 Å². The molecular weight excluding hydrogens is 376 g/mol. The summed E-state index contributed by atoms with van der Waals surface area (Å²) in [6.45, 7) is 4.99. The highest BCUT2D eigenvalue weighted by Crippen LogP contribution is 2.29. The highest BCUT2D eigenvalue weighted by Gasteiger charge is 2.35. The Morgan fingerprint density at radius 1 is 1.32 bits per heavy atom. The largest absolute Gasteiger partial charge is 0.368 e. The van der Waals surface area contributed by atoms with E-state index in [-0.39, 0.29) is 18.0 Å². The molecule has 3 N–H and O–H groups in total. The van der Waals surface area contributed by atoms with Crippen molar-refractivity contribution in [2.45, 2.75) is 32.4 Å². The number of thiazole rings is 1. The number of anilines is 2. The lowest BCUT2D eigenvalue weighted by molar-refractivity contribution is -0.119. The molecule has 0 bridgehead atoms. The van der Waals surface area contributed by atoms with Gasteiger partial charge in [0.2, 0.25) is 5.91 Å². The van der Waals surface area contributed by atoms with Crippen molar-refractivity contribution >= 4 is 39.7 Å². The fraction of sp³-hybridized carbons (Fsp3) is 0.368. The number of hydrogen-bond acceptors (Lipinski definition) is 7. The van der Waals surface area contributed by atoms with E-state index in [0.717, 1.165) is 37.4 Å². The minimum Gasteiger partial charge on any atom is -0.368 e. The Balaban J connectivity index is 1.51. The zero-order valence-electron chi connectivity index (χ0n) is 15.6. The van der Waals surface area contributed by atoms with Crippen molar-refractivity contribution < 1.29 is 9.59 Å². The molecule has 0 saturated carbocycles. The number of carbonyl (C=O) groups excluding carboxylic acids is 2. The van der Waals surface area contributed by atoms with Crippen molar-refractivity contribution in [3.63, 3.8) is 0 Å². The van der Waals surface area contributed by atoms with Gasteiger partial charge >= 0.3 is 0 Å².